The molecule has 1 aliphatic rings. The Morgan fingerprint density at radius 2 is 1.80 bits per heavy atom. The molecule has 0 aromatic heterocycles. The maximum Gasteiger partial charge on any atom is 0.166 e. The normalized spacial score (nSPS) is 49.2. The third kappa shape index (κ3) is 1.65. The molecule has 0 aromatic rings. The summed E-state index contributed by atoms with van der Waals surface area (Å²) in [6.45, 7) is 6.10. The van der Waals surface area contributed by atoms with Crippen molar-refractivity contribution in [1.82, 2.24) is 0 Å². The second-order valence-electron chi connectivity index (χ2n) is 2.78. The standard InChI is InChI=1S/C7H14O2S/c1-4-5(2)10-6(3)7(8)9-4/h4-8H,1-3H3. The van der Waals surface area contributed by atoms with Crippen LogP contribution in [0.15, 0.2) is 0 Å². The summed E-state index contributed by atoms with van der Waals surface area (Å²) in [5.41, 5.74) is 0. The van der Waals surface area contributed by atoms with Gasteiger partial charge in [0, 0.05) is 5.25 Å². The van der Waals surface area contributed by atoms with Crippen LogP contribution in [0.2, 0.25) is 0 Å². The molecule has 0 aliphatic carbocycles. The lowest BCUT2D eigenvalue weighted by Crippen LogP contribution is -2.39. The van der Waals surface area contributed by atoms with Gasteiger partial charge >= 0.3 is 0 Å². The molecule has 1 N–H and O–H groups in total. The predicted molar refractivity (Wildman–Crippen MR) is 43.1 cm³/mol. The highest BCUT2D eigenvalue weighted by Crippen LogP contribution is 2.30. The number of ether oxygens (including phenoxy) is 1. The van der Waals surface area contributed by atoms with Gasteiger partial charge in [-0.05, 0) is 13.8 Å². The topological polar surface area (TPSA) is 29.5 Å². The van der Waals surface area contributed by atoms with Gasteiger partial charge in [-0.2, -0.15) is 0 Å². The van der Waals surface area contributed by atoms with Crippen molar-refractivity contribution < 1.29 is 9.84 Å². The summed E-state index contributed by atoms with van der Waals surface area (Å²) in [6, 6.07) is 0. The zero-order chi connectivity index (χ0) is 7.72. The minimum Gasteiger partial charge on any atom is -0.367 e. The molecular weight excluding hydrogens is 148 g/mol. The van der Waals surface area contributed by atoms with Gasteiger partial charge in [0.1, 0.15) is 0 Å². The first-order valence-corrected chi connectivity index (χ1v) is 4.54. The van der Waals surface area contributed by atoms with E-state index in [1.807, 2.05) is 13.8 Å². The van der Waals surface area contributed by atoms with Crippen molar-refractivity contribution in [2.75, 3.05) is 0 Å². The average molecular weight is 162 g/mol. The molecule has 10 heavy (non-hydrogen) atoms. The van der Waals surface area contributed by atoms with Crippen LogP contribution in [-0.2, 0) is 4.74 Å². The Morgan fingerprint density at radius 1 is 1.20 bits per heavy atom. The minimum atomic E-state index is -0.573. The smallest absolute Gasteiger partial charge is 0.166 e. The van der Waals surface area contributed by atoms with Gasteiger partial charge in [-0.1, -0.05) is 6.92 Å². The van der Waals surface area contributed by atoms with Gasteiger partial charge in [0.2, 0.25) is 0 Å². The van der Waals surface area contributed by atoms with E-state index in [0.29, 0.717) is 5.25 Å². The van der Waals surface area contributed by atoms with E-state index in [1.54, 1.807) is 11.8 Å². The molecule has 4 atom stereocenters. The number of rotatable bonds is 0. The quantitative estimate of drug-likeness (QED) is 0.581. The lowest BCUT2D eigenvalue weighted by molar-refractivity contribution is -0.133. The van der Waals surface area contributed by atoms with Crippen molar-refractivity contribution >= 4 is 11.8 Å². The van der Waals surface area contributed by atoms with Gasteiger partial charge in [0.25, 0.3) is 0 Å². The minimum absolute atomic E-state index is 0.177. The van der Waals surface area contributed by atoms with E-state index >= 15 is 0 Å². The van der Waals surface area contributed by atoms with Gasteiger partial charge in [-0.25, -0.2) is 0 Å². The second kappa shape index (κ2) is 3.11. The Kier molecular flexibility index (Phi) is 2.61. The molecule has 1 heterocycles. The number of aliphatic hydroxyl groups excluding tert-OH is 1. The van der Waals surface area contributed by atoms with E-state index in [4.69, 9.17) is 4.74 Å². The van der Waals surface area contributed by atoms with Crippen molar-refractivity contribution in [2.45, 2.75) is 43.7 Å². The van der Waals surface area contributed by atoms with Crippen LogP contribution in [0.25, 0.3) is 0 Å². The number of aliphatic hydroxyl groups is 1. The number of hydrogen-bond donors (Lipinski definition) is 1. The molecule has 1 saturated heterocycles. The van der Waals surface area contributed by atoms with Crippen LogP contribution in [0.4, 0.5) is 0 Å². The van der Waals surface area contributed by atoms with Crippen LogP contribution in [0.5, 0.6) is 0 Å². The van der Waals surface area contributed by atoms with E-state index in [1.165, 1.54) is 0 Å². The fraction of sp³-hybridized carbons (Fsp3) is 1.00. The van der Waals surface area contributed by atoms with Gasteiger partial charge in [0.15, 0.2) is 6.29 Å². The number of hydrogen-bond acceptors (Lipinski definition) is 3. The van der Waals surface area contributed by atoms with Crippen molar-refractivity contribution in [3.8, 4) is 0 Å². The number of thioether (sulfide) groups is 1. The van der Waals surface area contributed by atoms with Crippen LogP contribution in [0, 0.1) is 0 Å². The van der Waals surface area contributed by atoms with E-state index in [-0.39, 0.29) is 11.4 Å². The highest BCUT2D eigenvalue weighted by atomic mass is 32.2. The Balaban J connectivity index is 2.46. The van der Waals surface area contributed by atoms with Crippen LogP contribution < -0.4 is 0 Å². The molecule has 0 amide bonds. The van der Waals surface area contributed by atoms with Crippen molar-refractivity contribution in [2.24, 2.45) is 0 Å². The van der Waals surface area contributed by atoms with Crippen molar-refractivity contribution in [1.29, 1.82) is 0 Å². The van der Waals surface area contributed by atoms with Gasteiger partial charge < -0.3 is 9.84 Å². The lowest BCUT2D eigenvalue weighted by Gasteiger charge is -2.33. The predicted octanol–water partition coefficient (Wildman–Crippen LogP) is 1.23. The van der Waals surface area contributed by atoms with Crippen LogP contribution in [-0.4, -0.2) is 28.0 Å². The highest BCUT2D eigenvalue weighted by Gasteiger charge is 2.29. The Morgan fingerprint density at radius 3 is 2.30 bits per heavy atom. The summed E-state index contributed by atoms with van der Waals surface area (Å²) in [6.07, 6.45) is -0.396. The molecule has 1 rings (SSSR count). The lowest BCUT2D eigenvalue weighted by atomic mass is 10.3. The molecule has 60 valence electrons. The van der Waals surface area contributed by atoms with Crippen molar-refractivity contribution in [3.63, 3.8) is 0 Å². The molecule has 1 fully saturated rings. The van der Waals surface area contributed by atoms with Gasteiger partial charge in [0.05, 0.1) is 11.4 Å². The fourth-order valence-corrected chi connectivity index (χ4v) is 2.12. The van der Waals surface area contributed by atoms with Crippen molar-refractivity contribution in [3.05, 3.63) is 0 Å². The summed E-state index contributed by atoms with van der Waals surface area (Å²) < 4.78 is 5.25. The molecule has 2 nitrogen and oxygen atoms in total. The maximum absolute atomic E-state index is 9.22. The maximum atomic E-state index is 9.22. The summed E-state index contributed by atoms with van der Waals surface area (Å²) in [4.78, 5) is 0. The molecule has 1 aliphatic heterocycles. The van der Waals surface area contributed by atoms with E-state index in [9.17, 15) is 5.11 Å². The van der Waals surface area contributed by atoms with Crippen LogP contribution >= 0.6 is 11.8 Å². The fourth-order valence-electron chi connectivity index (χ4n) is 0.958. The van der Waals surface area contributed by atoms with Gasteiger partial charge in [-0.3, -0.25) is 0 Å². The summed E-state index contributed by atoms with van der Waals surface area (Å²) in [5, 5.41) is 9.94. The molecule has 0 saturated carbocycles. The highest BCUT2D eigenvalue weighted by molar-refractivity contribution is 8.00. The monoisotopic (exact) mass is 162 g/mol. The molecule has 4 unspecified atom stereocenters. The summed E-state index contributed by atoms with van der Waals surface area (Å²) in [7, 11) is 0. The molecule has 0 aromatic carbocycles. The Bertz CT molecular complexity index is 92.2. The third-order valence-corrected chi connectivity index (χ3v) is 3.32. The first-order valence-electron chi connectivity index (χ1n) is 3.60. The van der Waals surface area contributed by atoms with Gasteiger partial charge in [-0.15, -0.1) is 11.8 Å². The molecule has 0 bridgehead atoms. The van der Waals surface area contributed by atoms with E-state index in [0.717, 1.165) is 0 Å². The zero-order valence-electron chi connectivity index (χ0n) is 6.57. The molecule has 3 heteroatoms. The molecular formula is C7H14O2S. The molecule has 0 spiro atoms. The first-order chi connectivity index (χ1) is 4.61. The summed E-state index contributed by atoms with van der Waals surface area (Å²) in [5.74, 6) is 0. The second-order valence-corrected chi connectivity index (χ2v) is 4.54. The van der Waals surface area contributed by atoms with Crippen LogP contribution in [0.1, 0.15) is 20.8 Å². The van der Waals surface area contributed by atoms with Crippen LogP contribution in [0.3, 0.4) is 0 Å². The zero-order valence-corrected chi connectivity index (χ0v) is 7.39. The Hall–Kier alpha value is 0.270. The molecule has 0 radical (unpaired) electrons. The average Bonchev–Trinajstić information content (AvgIpc) is 1.84. The third-order valence-electron chi connectivity index (χ3n) is 1.85. The van der Waals surface area contributed by atoms with E-state index in [2.05, 4.69) is 6.92 Å². The summed E-state index contributed by atoms with van der Waals surface area (Å²) >= 11 is 1.78. The SMILES string of the molecule is CC1OC(O)C(C)SC1C. The van der Waals surface area contributed by atoms with E-state index < -0.39 is 6.29 Å². The first kappa shape index (κ1) is 8.37. The largest absolute Gasteiger partial charge is 0.367 e. The Labute approximate surface area is 66.0 Å².